The SMILES string of the molecule is CCOc1ccc2[nH]cc(C(=O)N(CC)CC)c(=O)c2c1. The molecule has 0 aliphatic heterocycles. The Morgan fingerprint density at radius 2 is 1.95 bits per heavy atom. The Balaban J connectivity index is 2.54. The van der Waals surface area contributed by atoms with Crippen molar-refractivity contribution in [2.24, 2.45) is 0 Å². The van der Waals surface area contributed by atoms with Crippen LogP contribution in [0, 0.1) is 0 Å². The van der Waals surface area contributed by atoms with Gasteiger partial charge in [0.25, 0.3) is 5.91 Å². The van der Waals surface area contributed by atoms with Crippen molar-refractivity contribution in [3.8, 4) is 5.75 Å². The summed E-state index contributed by atoms with van der Waals surface area (Å²) in [6.45, 7) is 7.35. The number of hydrogen-bond donors (Lipinski definition) is 1. The zero-order valence-corrected chi connectivity index (χ0v) is 12.6. The van der Waals surface area contributed by atoms with Crippen LogP contribution >= 0.6 is 0 Å². The van der Waals surface area contributed by atoms with Crippen molar-refractivity contribution in [1.29, 1.82) is 0 Å². The lowest BCUT2D eigenvalue weighted by atomic mass is 10.1. The average molecular weight is 288 g/mol. The first kappa shape index (κ1) is 15.1. The van der Waals surface area contributed by atoms with Gasteiger partial charge in [-0.15, -0.1) is 0 Å². The summed E-state index contributed by atoms with van der Waals surface area (Å²) in [5.74, 6) is 0.382. The Bertz CT molecular complexity index is 702. The maximum Gasteiger partial charge on any atom is 0.259 e. The normalized spacial score (nSPS) is 10.6. The van der Waals surface area contributed by atoms with Gasteiger partial charge in [0.1, 0.15) is 11.3 Å². The first-order valence-corrected chi connectivity index (χ1v) is 7.19. The van der Waals surface area contributed by atoms with E-state index < -0.39 is 0 Å². The summed E-state index contributed by atoms with van der Waals surface area (Å²) in [5.41, 5.74) is 0.599. The van der Waals surface area contributed by atoms with Crippen LogP contribution in [-0.2, 0) is 0 Å². The maximum atomic E-state index is 12.5. The summed E-state index contributed by atoms with van der Waals surface area (Å²) in [5, 5.41) is 0.471. The number of aromatic nitrogens is 1. The van der Waals surface area contributed by atoms with E-state index in [1.165, 1.54) is 6.20 Å². The molecule has 5 heteroatoms. The standard InChI is InChI=1S/C16H20N2O3/c1-4-18(5-2)16(20)13-10-17-14-8-7-11(21-6-3)9-12(14)15(13)19/h7-10H,4-6H2,1-3H3,(H,17,19). The molecular weight excluding hydrogens is 268 g/mol. The number of aromatic amines is 1. The molecule has 2 rings (SSSR count). The molecule has 0 bridgehead atoms. The molecule has 0 saturated heterocycles. The molecule has 0 aliphatic rings. The Labute approximate surface area is 123 Å². The molecule has 2 aromatic rings. The van der Waals surface area contributed by atoms with E-state index in [9.17, 15) is 9.59 Å². The van der Waals surface area contributed by atoms with Crippen molar-refractivity contribution in [3.05, 3.63) is 40.2 Å². The second-order valence-corrected chi connectivity index (χ2v) is 4.65. The largest absolute Gasteiger partial charge is 0.494 e. The minimum Gasteiger partial charge on any atom is -0.494 e. The van der Waals surface area contributed by atoms with Crippen molar-refractivity contribution in [2.75, 3.05) is 19.7 Å². The Kier molecular flexibility index (Phi) is 4.62. The summed E-state index contributed by atoms with van der Waals surface area (Å²) < 4.78 is 5.41. The van der Waals surface area contributed by atoms with Crippen LogP contribution in [0.15, 0.2) is 29.2 Å². The summed E-state index contributed by atoms with van der Waals surface area (Å²) in [4.78, 5) is 29.5. The van der Waals surface area contributed by atoms with Gasteiger partial charge < -0.3 is 14.6 Å². The number of carbonyl (C=O) groups is 1. The minimum atomic E-state index is -0.262. The number of ether oxygens (including phenoxy) is 1. The van der Waals surface area contributed by atoms with Gasteiger partial charge in [0.2, 0.25) is 5.43 Å². The number of carbonyl (C=O) groups excluding carboxylic acids is 1. The van der Waals surface area contributed by atoms with Crippen molar-refractivity contribution in [2.45, 2.75) is 20.8 Å². The van der Waals surface area contributed by atoms with E-state index in [4.69, 9.17) is 4.74 Å². The van der Waals surface area contributed by atoms with E-state index in [1.54, 1.807) is 23.1 Å². The molecule has 0 fully saturated rings. The average Bonchev–Trinajstić information content (AvgIpc) is 2.49. The number of rotatable bonds is 5. The molecule has 1 heterocycles. The topological polar surface area (TPSA) is 62.4 Å². The number of fused-ring (bicyclic) bond motifs is 1. The molecule has 0 spiro atoms. The molecule has 112 valence electrons. The summed E-state index contributed by atoms with van der Waals surface area (Å²) in [6.07, 6.45) is 1.49. The second kappa shape index (κ2) is 6.43. The first-order valence-electron chi connectivity index (χ1n) is 7.19. The zero-order chi connectivity index (χ0) is 15.4. The fraction of sp³-hybridized carbons (Fsp3) is 0.375. The predicted octanol–water partition coefficient (Wildman–Crippen LogP) is 2.41. The van der Waals surface area contributed by atoms with Crippen molar-refractivity contribution >= 4 is 16.8 Å². The summed E-state index contributed by atoms with van der Waals surface area (Å²) in [7, 11) is 0. The molecule has 1 amide bonds. The van der Waals surface area contributed by atoms with Crippen LogP contribution in [-0.4, -0.2) is 35.5 Å². The van der Waals surface area contributed by atoms with E-state index in [1.807, 2.05) is 20.8 Å². The maximum absolute atomic E-state index is 12.5. The van der Waals surface area contributed by atoms with Crippen LogP contribution < -0.4 is 10.2 Å². The highest BCUT2D eigenvalue weighted by Crippen LogP contribution is 2.17. The number of hydrogen-bond acceptors (Lipinski definition) is 3. The van der Waals surface area contributed by atoms with Gasteiger partial charge in [0.15, 0.2) is 0 Å². The van der Waals surface area contributed by atoms with Crippen LogP contribution in [0.2, 0.25) is 0 Å². The predicted molar refractivity (Wildman–Crippen MR) is 83.0 cm³/mol. The molecule has 0 unspecified atom stereocenters. The number of benzene rings is 1. The van der Waals surface area contributed by atoms with Gasteiger partial charge in [0.05, 0.1) is 6.61 Å². The van der Waals surface area contributed by atoms with Crippen LogP contribution in [0.25, 0.3) is 10.9 Å². The van der Waals surface area contributed by atoms with E-state index in [0.717, 1.165) is 0 Å². The second-order valence-electron chi connectivity index (χ2n) is 4.65. The van der Waals surface area contributed by atoms with Crippen molar-refractivity contribution in [1.82, 2.24) is 9.88 Å². The van der Waals surface area contributed by atoms with Crippen molar-refractivity contribution in [3.63, 3.8) is 0 Å². The summed E-state index contributed by atoms with van der Waals surface area (Å²) in [6, 6.07) is 5.26. The molecule has 21 heavy (non-hydrogen) atoms. The molecule has 5 nitrogen and oxygen atoms in total. The lowest BCUT2D eigenvalue weighted by Crippen LogP contribution is -2.34. The minimum absolute atomic E-state index is 0.167. The number of amides is 1. The van der Waals surface area contributed by atoms with Crippen LogP contribution in [0.5, 0.6) is 5.75 Å². The van der Waals surface area contributed by atoms with E-state index in [2.05, 4.69) is 4.98 Å². The van der Waals surface area contributed by atoms with E-state index in [-0.39, 0.29) is 16.9 Å². The van der Waals surface area contributed by atoms with Gasteiger partial charge in [-0.05, 0) is 39.0 Å². The van der Waals surface area contributed by atoms with Crippen LogP contribution in [0.1, 0.15) is 31.1 Å². The smallest absolute Gasteiger partial charge is 0.259 e. The number of nitrogens with one attached hydrogen (secondary N) is 1. The van der Waals surface area contributed by atoms with E-state index >= 15 is 0 Å². The summed E-state index contributed by atoms with van der Waals surface area (Å²) >= 11 is 0. The third-order valence-electron chi connectivity index (χ3n) is 3.44. The number of H-pyrrole nitrogens is 1. The van der Waals surface area contributed by atoms with Gasteiger partial charge in [-0.25, -0.2) is 0 Å². The van der Waals surface area contributed by atoms with Gasteiger partial charge in [-0.3, -0.25) is 9.59 Å². The Morgan fingerprint density at radius 3 is 2.57 bits per heavy atom. The van der Waals surface area contributed by atoms with Gasteiger partial charge in [0, 0.05) is 30.2 Å². The molecule has 0 aliphatic carbocycles. The van der Waals surface area contributed by atoms with Crippen LogP contribution in [0.4, 0.5) is 0 Å². The fourth-order valence-electron chi connectivity index (χ4n) is 2.29. The Morgan fingerprint density at radius 1 is 1.24 bits per heavy atom. The highest BCUT2D eigenvalue weighted by atomic mass is 16.5. The highest BCUT2D eigenvalue weighted by Gasteiger charge is 2.17. The Hall–Kier alpha value is -2.30. The quantitative estimate of drug-likeness (QED) is 0.919. The molecule has 1 aromatic carbocycles. The third kappa shape index (κ3) is 2.91. The number of pyridine rings is 1. The molecule has 0 radical (unpaired) electrons. The van der Waals surface area contributed by atoms with Gasteiger partial charge in [-0.2, -0.15) is 0 Å². The lowest BCUT2D eigenvalue weighted by Gasteiger charge is -2.18. The van der Waals surface area contributed by atoms with Gasteiger partial charge >= 0.3 is 0 Å². The van der Waals surface area contributed by atoms with Crippen LogP contribution in [0.3, 0.4) is 0 Å². The van der Waals surface area contributed by atoms with Crippen molar-refractivity contribution < 1.29 is 9.53 Å². The monoisotopic (exact) mass is 288 g/mol. The molecular formula is C16H20N2O3. The lowest BCUT2D eigenvalue weighted by molar-refractivity contribution is 0.0771. The third-order valence-corrected chi connectivity index (χ3v) is 3.44. The molecule has 1 N–H and O–H groups in total. The highest BCUT2D eigenvalue weighted by molar-refractivity contribution is 5.97. The zero-order valence-electron chi connectivity index (χ0n) is 12.6. The van der Waals surface area contributed by atoms with E-state index in [0.29, 0.717) is 36.3 Å². The van der Waals surface area contributed by atoms with Gasteiger partial charge in [-0.1, -0.05) is 0 Å². The molecule has 0 atom stereocenters. The molecule has 1 aromatic heterocycles. The first-order chi connectivity index (χ1) is 10.1. The molecule has 0 saturated carbocycles. The fourth-order valence-corrected chi connectivity index (χ4v) is 2.29. The number of nitrogens with zero attached hydrogens (tertiary/aromatic N) is 1.